The van der Waals surface area contributed by atoms with E-state index in [1.165, 1.54) is 0 Å². The SMILES string of the molecule is CCn1cc(Oc2cncc(CNC(C)(C)C)n2)cn1. The zero-order valence-electron chi connectivity index (χ0n) is 12.4. The quantitative estimate of drug-likeness (QED) is 0.907. The van der Waals surface area contributed by atoms with Crippen LogP contribution in [0.4, 0.5) is 0 Å². The molecule has 1 N–H and O–H groups in total. The summed E-state index contributed by atoms with van der Waals surface area (Å²) >= 11 is 0. The molecule has 2 aromatic rings. The van der Waals surface area contributed by atoms with Crippen molar-refractivity contribution in [2.24, 2.45) is 0 Å². The molecule has 20 heavy (non-hydrogen) atoms. The Morgan fingerprint density at radius 2 is 2.05 bits per heavy atom. The smallest absolute Gasteiger partial charge is 0.238 e. The van der Waals surface area contributed by atoms with Crippen molar-refractivity contribution in [1.82, 2.24) is 25.1 Å². The first-order valence-corrected chi connectivity index (χ1v) is 6.72. The standard InChI is InChI=1S/C14H21N5O/c1-5-19-10-12(8-17-19)20-13-9-15-6-11(18-13)7-16-14(2,3)4/h6,8-10,16H,5,7H2,1-4H3. The van der Waals surface area contributed by atoms with Crippen LogP contribution in [0.2, 0.25) is 0 Å². The summed E-state index contributed by atoms with van der Waals surface area (Å²) in [5.41, 5.74) is 0.890. The molecule has 2 heterocycles. The lowest BCUT2D eigenvalue weighted by Gasteiger charge is -2.20. The molecule has 0 bridgehead atoms. The van der Waals surface area contributed by atoms with Crippen LogP contribution in [0, 0.1) is 0 Å². The molecular formula is C14H21N5O. The maximum atomic E-state index is 5.65. The number of nitrogens with zero attached hydrogens (tertiary/aromatic N) is 4. The Morgan fingerprint density at radius 1 is 1.25 bits per heavy atom. The fraction of sp³-hybridized carbons (Fsp3) is 0.500. The Hall–Kier alpha value is -1.95. The zero-order valence-corrected chi connectivity index (χ0v) is 12.4. The summed E-state index contributed by atoms with van der Waals surface area (Å²) in [5.74, 6) is 1.15. The molecule has 0 amide bonds. The normalized spacial score (nSPS) is 11.6. The lowest BCUT2D eigenvalue weighted by molar-refractivity contribution is 0.414. The number of aromatic nitrogens is 4. The summed E-state index contributed by atoms with van der Waals surface area (Å²) in [6, 6.07) is 0. The summed E-state index contributed by atoms with van der Waals surface area (Å²) in [4.78, 5) is 8.58. The molecule has 6 heteroatoms. The fourth-order valence-corrected chi connectivity index (χ4v) is 1.57. The van der Waals surface area contributed by atoms with Gasteiger partial charge in [0.15, 0.2) is 5.75 Å². The van der Waals surface area contributed by atoms with Crippen molar-refractivity contribution >= 4 is 0 Å². The molecule has 0 unspecified atom stereocenters. The highest BCUT2D eigenvalue weighted by Crippen LogP contribution is 2.17. The van der Waals surface area contributed by atoms with E-state index >= 15 is 0 Å². The van der Waals surface area contributed by atoms with Gasteiger partial charge in [0.1, 0.15) is 0 Å². The zero-order chi connectivity index (χ0) is 14.6. The second-order valence-electron chi connectivity index (χ2n) is 5.59. The van der Waals surface area contributed by atoms with E-state index in [1.54, 1.807) is 23.3 Å². The van der Waals surface area contributed by atoms with Crippen LogP contribution in [-0.2, 0) is 13.1 Å². The van der Waals surface area contributed by atoms with Crippen LogP contribution in [0.25, 0.3) is 0 Å². The Balaban J connectivity index is 2.02. The van der Waals surface area contributed by atoms with Gasteiger partial charge in [-0.1, -0.05) is 0 Å². The molecule has 108 valence electrons. The molecule has 2 aromatic heterocycles. The Labute approximate surface area is 119 Å². The minimum Gasteiger partial charge on any atom is -0.434 e. The van der Waals surface area contributed by atoms with E-state index in [0.717, 1.165) is 12.2 Å². The van der Waals surface area contributed by atoms with Crippen LogP contribution in [-0.4, -0.2) is 25.3 Å². The van der Waals surface area contributed by atoms with E-state index in [1.807, 2.05) is 13.1 Å². The number of ether oxygens (including phenoxy) is 1. The Morgan fingerprint density at radius 3 is 2.70 bits per heavy atom. The van der Waals surface area contributed by atoms with E-state index in [9.17, 15) is 0 Å². The van der Waals surface area contributed by atoms with Crippen LogP contribution in [0.5, 0.6) is 11.6 Å². The van der Waals surface area contributed by atoms with Crippen molar-refractivity contribution in [3.8, 4) is 11.6 Å². The first-order chi connectivity index (χ1) is 9.46. The Bertz CT molecular complexity index is 559. The van der Waals surface area contributed by atoms with Gasteiger partial charge in [0.25, 0.3) is 0 Å². The molecular weight excluding hydrogens is 254 g/mol. The second kappa shape index (κ2) is 6.00. The molecule has 0 saturated carbocycles. The highest BCUT2D eigenvalue weighted by Gasteiger charge is 2.10. The first kappa shape index (κ1) is 14.5. The topological polar surface area (TPSA) is 64.9 Å². The van der Waals surface area contributed by atoms with Gasteiger partial charge < -0.3 is 10.1 Å². The van der Waals surface area contributed by atoms with Crippen molar-refractivity contribution in [3.05, 3.63) is 30.5 Å². The number of rotatable bonds is 5. The van der Waals surface area contributed by atoms with Gasteiger partial charge in [-0.3, -0.25) is 9.67 Å². The van der Waals surface area contributed by atoms with Crippen molar-refractivity contribution in [1.29, 1.82) is 0 Å². The minimum atomic E-state index is 0.0425. The van der Waals surface area contributed by atoms with Crippen molar-refractivity contribution in [2.75, 3.05) is 0 Å². The van der Waals surface area contributed by atoms with E-state index in [0.29, 0.717) is 18.2 Å². The summed E-state index contributed by atoms with van der Waals surface area (Å²) in [5, 5.41) is 7.52. The van der Waals surface area contributed by atoms with Crippen LogP contribution < -0.4 is 10.1 Å². The third-order valence-corrected chi connectivity index (χ3v) is 2.62. The van der Waals surface area contributed by atoms with Gasteiger partial charge in [-0.15, -0.1) is 0 Å². The van der Waals surface area contributed by atoms with Gasteiger partial charge >= 0.3 is 0 Å². The number of hydrogen-bond donors (Lipinski definition) is 1. The van der Waals surface area contributed by atoms with Gasteiger partial charge in [0.05, 0.1) is 24.3 Å². The molecule has 0 aromatic carbocycles. The molecule has 0 atom stereocenters. The maximum absolute atomic E-state index is 5.65. The third kappa shape index (κ3) is 4.31. The molecule has 6 nitrogen and oxygen atoms in total. The number of hydrogen-bond acceptors (Lipinski definition) is 5. The van der Waals surface area contributed by atoms with Crippen molar-refractivity contribution < 1.29 is 4.74 Å². The van der Waals surface area contributed by atoms with Gasteiger partial charge in [0.2, 0.25) is 5.88 Å². The van der Waals surface area contributed by atoms with E-state index in [-0.39, 0.29) is 5.54 Å². The minimum absolute atomic E-state index is 0.0425. The van der Waals surface area contributed by atoms with Crippen molar-refractivity contribution in [3.63, 3.8) is 0 Å². The van der Waals surface area contributed by atoms with Gasteiger partial charge in [0, 0.05) is 24.8 Å². The third-order valence-electron chi connectivity index (χ3n) is 2.62. The largest absolute Gasteiger partial charge is 0.434 e. The molecule has 0 radical (unpaired) electrons. The molecule has 0 aliphatic heterocycles. The Kier molecular flexibility index (Phi) is 4.34. The number of nitrogens with one attached hydrogen (secondary N) is 1. The highest BCUT2D eigenvalue weighted by atomic mass is 16.5. The fourth-order valence-electron chi connectivity index (χ4n) is 1.57. The van der Waals surface area contributed by atoms with Gasteiger partial charge in [-0.25, -0.2) is 4.98 Å². The maximum Gasteiger partial charge on any atom is 0.238 e. The summed E-state index contributed by atoms with van der Waals surface area (Å²) in [6.07, 6.45) is 6.85. The molecule has 0 saturated heterocycles. The van der Waals surface area contributed by atoms with Crippen LogP contribution in [0.15, 0.2) is 24.8 Å². The van der Waals surface area contributed by atoms with Crippen LogP contribution >= 0.6 is 0 Å². The lowest BCUT2D eigenvalue weighted by Crippen LogP contribution is -2.35. The second-order valence-corrected chi connectivity index (χ2v) is 5.59. The van der Waals surface area contributed by atoms with Crippen molar-refractivity contribution in [2.45, 2.75) is 46.3 Å². The van der Waals surface area contributed by atoms with E-state index in [2.05, 4.69) is 41.2 Å². The first-order valence-electron chi connectivity index (χ1n) is 6.72. The summed E-state index contributed by atoms with van der Waals surface area (Å²) in [7, 11) is 0. The summed E-state index contributed by atoms with van der Waals surface area (Å²) in [6.45, 7) is 9.82. The molecule has 0 spiro atoms. The number of aryl methyl sites for hydroxylation is 1. The molecule has 2 rings (SSSR count). The lowest BCUT2D eigenvalue weighted by atomic mass is 10.1. The van der Waals surface area contributed by atoms with Crippen LogP contribution in [0.1, 0.15) is 33.4 Å². The molecule has 0 aliphatic rings. The molecule has 0 fully saturated rings. The highest BCUT2D eigenvalue weighted by molar-refractivity contribution is 5.20. The predicted octanol–water partition coefficient (Wildman–Crippen LogP) is 2.37. The monoisotopic (exact) mass is 275 g/mol. The van der Waals surface area contributed by atoms with Gasteiger partial charge in [-0.2, -0.15) is 5.10 Å². The average molecular weight is 275 g/mol. The average Bonchev–Trinajstić information content (AvgIpc) is 2.84. The van der Waals surface area contributed by atoms with Gasteiger partial charge in [-0.05, 0) is 27.7 Å². The predicted molar refractivity (Wildman–Crippen MR) is 76.6 cm³/mol. The summed E-state index contributed by atoms with van der Waals surface area (Å²) < 4.78 is 7.45. The van der Waals surface area contributed by atoms with Crippen LogP contribution in [0.3, 0.4) is 0 Å². The van der Waals surface area contributed by atoms with E-state index in [4.69, 9.17) is 4.74 Å². The molecule has 0 aliphatic carbocycles. The van der Waals surface area contributed by atoms with E-state index < -0.39 is 0 Å².